The minimum absolute atomic E-state index is 0.289. The largest absolute Gasteiger partial charge is 0.247 e. The highest BCUT2D eigenvalue weighted by molar-refractivity contribution is 6.28. The second-order valence-electron chi connectivity index (χ2n) is 3.20. The summed E-state index contributed by atoms with van der Waals surface area (Å²) in [6.07, 6.45) is 1.63. The van der Waals surface area contributed by atoms with Crippen LogP contribution in [0.25, 0.3) is 0 Å². The van der Waals surface area contributed by atoms with Crippen molar-refractivity contribution in [1.29, 1.82) is 0 Å². The van der Waals surface area contributed by atoms with Crippen molar-refractivity contribution in [2.24, 2.45) is 0 Å². The van der Waals surface area contributed by atoms with Crippen LogP contribution in [0.3, 0.4) is 0 Å². The van der Waals surface area contributed by atoms with Gasteiger partial charge in [-0.15, -0.1) is 5.10 Å². The zero-order valence-electron chi connectivity index (χ0n) is 7.81. The first-order valence-electron chi connectivity index (χ1n) is 4.34. The lowest BCUT2D eigenvalue weighted by atomic mass is 10.1. The number of halogens is 1. The zero-order chi connectivity index (χ0) is 9.97. The molecule has 2 rings (SSSR count). The van der Waals surface area contributed by atoms with Gasteiger partial charge in [0.25, 0.3) is 0 Å². The maximum Gasteiger partial charge on any atom is 0.242 e. The Labute approximate surface area is 87.3 Å². The normalized spacial score (nSPS) is 10.4. The van der Waals surface area contributed by atoms with E-state index in [2.05, 4.69) is 35.2 Å². The molecule has 0 saturated heterocycles. The van der Waals surface area contributed by atoms with Gasteiger partial charge in [0.15, 0.2) is 0 Å². The predicted molar refractivity (Wildman–Crippen MR) is 55.3 cm³/mol. The SMILES string of the molecule is Cc1cccc(Cn2cnc(Cl)n2)c1. The van der Waals surface area contributed by atoms with Crippen LogP contribution in [0.1, 0.15) is 11.1 Å². The highest BCUT2D eigenvalue weighted by Crippen LogP contribution is 2.06. The maximum atomic E-state index is 5.61. The van der Waals surface area contributed by atoms with Gasteiger partial charge in [0.2, 0.25) is 5.28 Å². The number of nitrogens with zero attached hydrogens (tertiary/aromatic N) is 3. The van der Waals surface area contributed by atoms with Crippen molar-refractivity contribution in [2.75, 3.05) is 0 Å². The minimum Gasteiger partial charge on any atom is -0.247 e. The number of benzene rings is 1. The minimum atomic E-state index is 0.289. The summed E-state index contributed by atoms with van der Waals surface area (Å²) in [6, 6.07) is 8.28. The van der Waals surface area contributed by atoms with E-state index in [1.165, 1.54) is 11.1 Å². The van der Waals surface area contributed by atoms with E-state index in [0.717, 1.165) is 0 Å². The summed E-state index contributed by atoms with van der Waals surface area (Å²) in [6.45, 7) is 2.78. The summed E-state index contributed by atoms with van der Waals surface area (Å²) in [7, 11) is 0. The van der Waals surface area contributed by atoms with Gasteiger partial charge in [0, 0.05) is 0 Å². The van der Waals surface area contributed by atoms with Crippen LogP contribution in [0.4, 0.5) is 0 Å². The van der Waals surface area contributed by atoms with Crippen LogP contribution in [0.15, 0.2) is 30.6 Å². The molecule has 0 aliphatic carbocycles. The van der Waals surface area contributed by atoms with Gasteiger partial charge in [-0.1, -0.05) is 29.8 Å². The van der Waals surface area contributed by atoms with Crippen LogP contribution < -0.4 is 0 Å². The number of hydrogen-bond donors (Lipinski definition) is 0. The molecule has 0 atom stereocenters. The fraction of sp³-hybridized carbons (Fsp3) is 0.200. The molecule has 1 aromatic carbocycles. The Balaban J connectivity index is 2.18. The molecule has 72 valence electrons. The predicted octanol–water partition coefficient (Wildman–Crippen LogP) is 2.29. The number of aryl methyl sites for hydroxylation is 1. The Morgan fingerprint density at radius 3 is 2.93 bits per heavy atom. The van der Waals surface area contributed by atoms with Crippen molar-refractivity contribution in [3.05, 3.63) is 47.0 Å². The van der Waals surface area contributed by atoms with Crippen LogP contribution in [-0.2, 0) is 6.54 Å². The van der Waals surface area contributed by atoms with E-state index in [1.807, 2.05) is 6.07 Å². The van der Waals surface area contributed by atoms with Gasteiger partial charge in [0.05, 0.1) is 6.54 Å². The monoisotopic (exact) mass is 207 g/mol. The average Bonchev–Trinajstić information content (AvgIpc) is 2.51. The Morgan fingerprint density at radius 1 is 1.43 bits per heavy atom. The van der Waals surface area contributed by atoms with E-state index in [9.17, 15) is 0 Å². The summed E-state index contributed by atoms with van der Waals surface area (Å²) >= 11 is 5.61. The second-order valence-corrected chi connectivity index (χ2v) is 3.54. The molecule has 0 aliphatic heterocycles. The lowest BCUT2D eigenvalue weighted by molar-refractivity contribution is 0.685. The van der Waals surface area contributed by atoms with E-state index in [1.54, 1.807) is 11.0 Å². The number of rotatable bonds is 2. The van der Waals surface area contributed by atoms with Crippen LogP contribution in [-0.4, -0.2) is 14.8 Å². The van der Waals surface area contributed by atoms with Gasteiger partial charge in [-0.25, -0.2) is 9.67 Å². The van der Waals surface area contributed by atoms with Gasteiger partial charge >= 0.3 is 0 Å². The fourth-order valence-corrected chi connectivity index (χ4v) is 1.49. The summed E-state index contributed by atoms with van der Waals surface area (Å²) in [5.41, 5.74) is 2.44. The smallest absolute Gasteiger partial charge is 0.242 e. The number of hydrogen-bond acceptors (Lipinski definition) is 2. The fourth-order valence-electron chi connectivity index (χ4n) is 1.35. The third-order valence-electron chi connectivity index (χ3n) is 1.94. The van der Waals surface area contributed by atoms with E-state index < -0.39 is 0 Å². The molecule has 2 aromatic rings. The van der Waals surface area contributed by atoms with E-state index in [0.29, 0.717) is 6.54 Å². The standard InChI is InChI=1S/C10H10ClN3/c1-8-3-2-4-9(5-8)6-14-7-12-10(11)13-14/h2-5,7H,6H2,1H3. The third-order valence-corrected chi connectivity index (χ3v) is 2.11. The van der Waals surface area contributed by atoms with Crippen LogP contribution in [0.5, 0.6) is 0 Å². The summed E-state index contributed by atoms with van der Waals surface area (Å²) < 4.78 is 1.72. The van der Waals surface area contributed by atoms with E-state index in [-0.39, 0.29) is 5.28 Å². The summed E-state index contributed by atoms with van der Waals surface area (Å²) in [5, 5.41) is 4.30. The topological polar surface area (TPSA) is 30.7 Å². The van der Waals surface area contributed by atoms with Crippen molar-refractivity contribution in [3.63, 3.8) is 0 Å². The van der Waals surface area contributed by atoms with Gasteiger partial charge in [-0.2, -0.15) is 0 Å². The van der Waals surface area contributed by atoms with E-state index >= 15 is 0 Å². The summed E-state index contributed by atoms with van der Waals surface area (Å²) in [5.74, 6) is 0. The Hall–Kier alpha value is -1.35. The molecule has 0 radical (unpaired) electrons. The Bertz CT molecular complexity index is 436. The highest BCUT2D eigenvalue weighted by Gasteiger charge is 1.98. The molecule has 3 nitrogen and oxygen atoms in total. The van der Waals surface area contributed by atoms with Gasteiger partial charge in [-0.3, -0.25) is 0 Å². The van der Waals surface area contributed by atoms with E-state index in [4.69, 9.17) is 11.6 Å². The Morgan fingerprint density at radius 2 is 2.29 bits per heavy atom. The molecular weight excluding hydrogens is 198 g/mol. The molecule has 4 heteroatoms. The van der Waals surface area contributed by atoms with Crippen molar-refractivity contribution in [1.82, 2.24) is 14.8 Å². The van der Waals surface area contributed by atoms with Gasteiger partial charge in [0.1, 0.15) is 6.33 Å². The molecule has 1 aromatic heterocycles. The van der Waals surface area contributed by atoms with Gasteiger partial charge in [-0.05, 0) is 24.1 Å². The summed E-state index contributed by atoms with van der Waals surface area (Å²) in [4.78, 5) is 3.85. The molecule has 0 spiro atoms. The lowest BCUT2D eigenvalue weighted by Gasteiger charge is -2.01. The second kappa shape index (κ2) is 3.80. The molecular formula is C10H10ClN3. The molecule has 0 amide bonds. The molecule has 0 fully saturated rings. The van der Waals surface area contributed by atoms with Crippen LogP contribution >= 0.6 is 11.6 Å². The Kier molecular flexibility index (Phi) is 2.50. The molecule has 0 aliphatic rings. The van der Waals surface area contributed by atoms with Crippen LogP contribution in [0.2, 0.25) is 5.28 Å². The zero-order valence-corrected chi connectivity index (χ0v) is 8.57. The quantitative estimate of drug-likeness (QED) is 0.757. The highest BCUT2D eigenvalue weighted by atomic mass is 35.5. The molecule has 0 unspecified atom stereocenters. The van der Waals surface area contributed by atoms with Crippen molar-refractivity contribution in [3.8, 4) is 0 Å². The molecule has 0 saturated carbocycles. The molecule has 0 bridgehead atoms. The first kappa shape index (κ1) is 9.21. The first-order valence-corrected chi connectivity index (χ1v) is 4.72. The molecule has 1 heterocycles. The van der Waals surface area contributed by atoms with Crippen LogP contribution in [0, 0.1) is 6.92 Å². The van der Waals surface area contributed by atoms with Gasteiger partial charge < -0.3 is 0 Å². The first-order chi connectivity index (χ1) is 6.74. The van der Waals surface area contributed by atoms with Crippen molar-refractivity contribution in [2.45, 2.75) is 13.5 Å². The average molecular weight is 208 g/mol. The lowest BCUT2D eigenvalue weighted by Crippen LogP contribution is -1.99. The molecule has 0 N–H and O–H groups in total. The maximum absolute atomic E-state index is 5.61. The number of aromatic nitrogens is 3. The molecule has 14 heavy (non-hydrogen) atoms. The van der Waals surface area contributed by atoms with Crippen molar-refractivity contribution < 1.29 is 0 Å². The van der Waals surface area contributed by atoms with Crippen molar-refractivity contribution >= 4 is 11.6 Å². The third kappa shape index (κ3) is 2.12.